The number of aliphatic carboxylic acids is 1. The second-order valence-electron chi connectivity index (χ2n) is 3.42. The van der Waals surface area contributed by atoms with E-state index in [0.717, 1.165) is 13.2 Å². The molecule has 1 atom stereocenters. The maximum atomic E-state index is 12.9. The molecule has 1 aliphatic carbocycles. The van der Waals surface area contributed by atoms with Crippen molar-refractivity contribution in [1.29, 1.82) is 0 Å². The minimum Gasteiger partial charge on any atom is -0.481 e. The van der Waals surface area contributed by atoms with Gasteiger partial charge in [-0.25, -0.2) is 0 Å². The Kier molecular flexibility index (Phi) is 3.42. The number of ether oxygens (including phenoxy) is 1. The van der Waals surface area contributed by atoms with Crippen molar-refractivity contribution in [2.45, 2.75) is 24.6 Å². The fourth-order valence-electron chi connectivity index (χ4n) is 1.68. The van der Waals surface area contributed by atoms with Gasteiger partial charge in [0.25, 0.3) is 0 Å². The van der Waals surface area contributed by atoms with Gasteiger partial charge in [0.2, 0.25) is 0 Å². The van der Waals surface area contributed by atoms with E-state index in [-0.39, 0.29) is 5.57 Å². The lowest BCUT2D eigenvalue weighted by Crippen LogP contribution is -2.49. The molecule has 1 aliphatic rings. The lowest BCUT2D eigenvalue weighted by Gasteiger charge is -2.36. The van der Waals surface area contributed by atoms with Crippen LogP contribution in [0.4, 0.5) is 13.2 Å². The zero-order valence-corrected chi connectivity index (χ0v) is 8.54. The van der Waals surface area contributed by atoms with Crippen LogP contribution in [-0.2, 0) is 9.53 Å². The highest BCUT2D eigenvalue weighted by molar-refractivity contribution is 5.71. The molecule has 0 aromatic rings. The van der Waals surface area contributed by atoms with Gasteiger partial charge in [0.05, 0.1) is 6.42 Å². The summed E-state index contributed by atoms with van der Waals surface area (Å²) < 4.78 is 43.3. The van der Waals surface area contributed by atoms with Crippen molar-refractivity contribution in [1.82, 2.24) is 0 Å². The fraction of sp³-hybridized carbons (Fsp3) is 0.500. The molecule has 0 heterocycles. The number of carboxylic acids is 1. The Bertz CT molecular complexity index is 344. The van der Waals surface area contributed by atoms with Gasteiger partial charge in [0.1, 0.15) is 0 Å². The zero-order valence-electron chi connectivity index (χ0n) is 8.54. The third kappa shape index (κ3) is 2.11. The summed E-state index contributed by atoms with van der Waals surface area (Å²) in [5, 5.41) is 8.57. The molecule has 0 aromatic heterocycles. The zero-order chi connectivity index (χ0) is 12.4. The molecule has 1 rings (SSSR count). The minimum atomic E-state index is -4.63. The van der Waals surface area contributed by atoms with Crippen LogP contribution in [0.5, 0.6) is 0 Å². The molecule has 0 aliphatic heterocycles. The molecule has 90 valence electrons. The Morgan fingerprint density at radius 3 is 2.69 bits per heavy atom. The first-order chi connectivity index (χ1) is 7.33. The minimum absolute atomic E-state index is 0.280. The van der Waals surface area contributed by atoms with Crippen molar-refractivity contribution in [2.75, 3.05) is 7.11 Å². The Hall–Kier alpha value is -1.30. The van der Waals surface area contributed by atoms with Crippen LogP contribution in [0.2, 0.25) is 0 Å². The van der Waals surface area contributed by atoms with Crippen LogP contribution >= 0.6 is 0 Å². The van der Waals surface area contributed by atoms with Crippen LogP contribution < -0.4 is 0 Å². The first-order valence-electron chi connectivity index (χ1n) is 4.53. The molecule has 3 nitrogen and oxygen atoms in total. The summed E-state index contributed by atoms with van der Waals surface area (Å²) in [6, 6.07) is 0. The lowest BCUT2D eigenvalue weighted by molar-refractivity contribution is -0.253. The molecule has 1 N–H and O–H groups in total. The normalized spacial score (nSPS) is 25.4. The smallest absolute Gasteiger partial charge is 0.421 e. The van der Waals surface area contributed by atoms with Crippen molar-refractivity contribution in [3.8, 4) is 0 Å². The largest absolute Gasteiger partial charge is 0.481 e. The molecule has 16 heavy (non-hydrogen) atoms. The van der Waals surface area contributed by atoms with E-state index >= 15 is 0 Å². The van der Waals surface area contributed by atoms with Crippen LogP contribution in [0.25, 0.3) is 0 Å². The molecule has 0 saturated heterocycles. The van der Waals surface area contributed by atoms with Crippen molar-refractivity contribution < 1.29 is 27.8 Å². The lowest BCUT2D eigenvalue weighted by atomic mass is 9.83. The van der Waals surface area contributed by atoms with Gasteiger partial charge in [-0.05, 0) is 5.57 Å². The average molecular weight is 236 g/mol. The van der Waals surface area contributed by atoms with Gasteiger partial charge in [0.15, 0.2) is 5.60 Å². The Morgan fingerprint density at radius 2 is 2.25 bits per heavy atom. The second kappa shape index (κ2) is 4.29. The van der Waals surface area contributed by atoms with E-state index in [9.17, 15) is 18.0 Å². The summed E-state index contributed by atoms with van der Waals surface area (Å²) in [4.78, 5) is 10.5. The van der Waals surface area contributed by atoms with Crippen LogP contribution in [0.3, 0.4) is 0 Å². The monoisotopic (exact) mass is 236 g/mol. The highest BCUT2D eigenvalue weighted by Crippen LogP contribution is 2.44. The number of hydrogen-bond acceptors (Lipinski definition) is 2. The molecule has 6 heteroatoms. The number of methoxy groups -OCH3 is 1. The van der Waals surface area contributed by atoms with Gasteiger partial charge < -0.3 is 9.84 Å². The van der Waals surface area contributed by atoms with Crippen LogP contribution in [0.1, 0.15) is 12.8 Å². The third-order valence-corrected chi connectivity index (χ3v) is 2.51. The van der Waals surface area contributed by atoms with Crippen molar-refractivity contribution in [3.05, 3.63) is 23.8 Å². The van der Waals surface area contributed by atoms with E-state index in [1.165, 1.54) is 12.2 Å². The van der Waals surface area contributed by atoms with Gasteiger partial charge in [-0.3, -0.25) is 4.79 Å². The van der Waals surface area contributed by atoms with E-state index in [1.807, 2.05) is 0 Å². The number of hydrogen-bond donors (Lipinski definition) is 1. The standard InChI is InChI=1S/C10H11F3O3/c1-16-9(10(11,12)13)5-3-2-4-7(9)6-8(14)15/h2-4H,5-6H2,1H3,(H,14,15)/t9-/m1/s1. The Morgan fingerprint density at radius 1 is 1.62 bits per heavy atom. The van der Waals surface area contributed by atoms with Crippen LogP contribution in [-0.4, -0.2) is 30.0 Å². The summed E-state index contributed by atoms with van der Waals surface area (Å²) in [7, 11) is 0.933. The molecule has 0 aromatic carbocycles. The Labute approximate surface area is 90.2 Å². The van der Waals surface area contributed by atoms with Gasteiger partial charge >= 0.3 is 12.1 Å². The molecule has 0 saturated carbocycles. The quantitative estimate of drug-likeness (QED) is 0.817. The van der Waals surface area contributed by atoms with Crippen molar-refractivity contribution >= 4 is 5.97 Å². The van der Waals surface area contributed by atoms with E-state index in [0.29, 0.717) is 0 Å². The average Bonchev–Trinajstić information content (AvgIpc) is 2.16. The summed E-state index contributed by atoms with van der Waals surface area (Å²) in [6.45, 7) is 0. The predicted octanol–water partition coefficient (Wildman–Crippen LogP) is 2.29. The molecule has 0 fully saturated rings. The van der Waals surface area contributed by atoms with Gasteiger partial charge in [0, 0.05) is 13.5 Å². The molecule has 0 radical (unpaired) electrons. The maximum Gasteiger partial charge on any atom is 0.421 e. The fourth-order valence-corrected chi connectivity index (χ4v) is 1.68. The molecular weight excluding hydrogens is 225 g/mol. The van der Waals surface area contributed by atoms with Gasteiger partial charge in [-0.2, -0.15) is 13.2 Å². The van der Waals surface area contributed by atoms with Crippen molar-refractivity contribution in [3.63, 3.8) is 0 Å². The predicted molar refractivity (Wildman–Crippen MR) is 49.9 cm³/mol. The molecule has 0 spiro atoms. The van der Waals surface area contributed by atoms with Crippen molar-refractivity contribution in [2.24, 2.45) is 0 Å². The third-order valence-electron chi connectivity index (χ3n) is 2.51. The summed E-state index contributed by atoms with van der Waals surface area (Å²) in [6.07, 6.45) is -1.85. The van der Waals surface area contributed by atoms with Gasteiger partial charge in [-0.15, -0.1) is 0 Å². The number of allylic oxidation sites excluding steroid dienone is 2. The highest BCUT2D eigenvalue weighted by atomic mass is 19.4. The van der Waals surface area contributed by atoms with Crippen LogP contribution in [0, 0.1) is 0 Å². The number of carbonyl (C=O) groups is 1. The molecule has 0 bridgehead atoms. The molecular formula is C10H11F3O3. The topological polar surface area (TPSA) is 46.5 Å². The van der Waals surface area contributed by atoms with Gasteiger partial charge in [-0.1, -0.05) is 18.2 Å². The molecule has 0 amide bonds. The highest BCUT2D eigenvalue weighted by Gasteiger charge is 2.57. The summed E-state index contributed by atoms with van der Waals surface area (Å²) in [5.41, 5.74) is -2.78. The number of alkyl halides is 3. The first kappa shape index (κ1) is 12.8. The maximum absolute atomic E-state index is 12.9. The molecule has 0 unspecified atom stereocenters. The van der Waals surface area contributed by atoms with E-state index in [4.69, 9.17) is 5.11 Å². The van der Waals surface area contributed by atoms with Crippen LogP contribution in [0.15, 0.2) is 23.8 Å². The van der Waals surface area contributed by atoms with E-state index < -0.39 is 30.6 Å². The Balaban J connectivity index is 3.13. The van der Waals surface area contributed by atoms with E-state index in [1.54, 1.807) is 0 Å². The number of rotatable bonds is 3. The van der Waals surface area contributed by atoms with E-state index in [2.05, 4.69) is 4.74 Å². The first-order valence-corrected chi connectivity index (χ1v) is 4.53. The summed E-state index contributed by atoms with van der Waals surface area (Å²) >= 11 is 0. The SMILES string of the molecule is CO[C@]1(C(F)(F)F)CC=CC=C1CC(=O)O. The second-order valence-corrected chi connectivity index (χ2v) is 3.42. The number of carboxylic acid groups (broad SMARTS) is 1. The number of halogens is 3. The summed E-state index contributed by atoms with van der Waals surface area (Å²) in [5.74, 6) is -1.31.